The van der Waals surface area contributed by atoms with E-state index in [2.05, 4.69) is 13.8 Å². The SMILES string of the molecule is CCC(C)CC(O)CN. The average Bonchev–Trinajstić information content (AvgIpc) is 1.87. The summed E-state index contributed by atoms with van der Waals surface area (Å²) in [7, 11) is 0. The van der Waals surface area contributed by atoms with Gasteiger partial charge in [0.15, 0.2) is 0 Å². The first-order valence-corrected chi connectivity index (χ1v) is 3.58. The van der Waals surface area contributed by atoms with Gasteiger partial charge >= 0.3 is 0 Å². The maximum absolute atomic E-state index is 9.03. The van der Waals surface area contributed by atoms with Crippen molar-refractivity contribution in [3.8, 4) is 0 Å². The number of hydrogen-bond acceptors (Lipinski definition) is 2. The van der Waals surface area contributed by atoms with Crippen molar-refractivity contribution in [1.82, 2.24) is 0 Å². The molecule has 0 radical (unpaired) electrons. The molecule has 2 nitrogen and oxygen atoms in total. The zero-order chi connectivity index (χ0) is 7.28. The highest BCUT2D eigenvalue weighted by Crippen LogP contribution is 2.08. The van der Waals surface area contributed by atoms with Crippen LogP contribution in [0.25, 0.3) is 0 Å². The molecule has 0 aromatic carbocycles. The second kappa shape index (κ2) is 4.77. The predicted molar refractivity (Wildman–Crippen MR) is 39.1 cm³/mol. The number of nitrogens with two attached hydrogens (primary N) is 1. The molecule has 0 amide bonds. The second-order valence-electron chi connectivity index (χ2n) is 2.64. The van der Waals surface area contributed by atoms with E-state index in [0.717, 1.165) is 12.8 Å². The van der Waals surface area contributed by atoms with Crippen LogP contribution in [0.15, 0.2) is 0 Å². The summed E-state index contributed by atoms with van der Waals surface area (Å²) in [6, 6.07) is 0. The lowest BCUT2D eigenvalue weighted by Gasteiger charge is -2.11. The van der Waals surface area contributed by atoms with Gasteiger partial charge in [-0.15, -0.1) is 0 Å². The summed E-state index contributed by atoms with van der Waals surface area (Å²) < 4.78 is 0. The summed E-state index contributed by atoms with van der Waals surface area (Å²) in [6.07, 6.45) is 1.67. The fourth-order valence-electron chi connectivity index (χ4n) is 0.727. The summed E-state index contributed by atoms with van der Waals surface area (Å²) in [4.78, 5) is 0. The molecule has 9 heavy (non-hydrogen) atoms. The Bertz CT molecular complexity index is 57.9. The molecule has 0 saturated heterocycles. The van der Waals surface area contributed by atoms with Crippen molar-refractivity contribution in [3.05, 3.63) is 0 Å². The molecule has 0 fully saturated rings. The molecule has 0 spiro atoms. The van der Waals surface area contributed by atoms with Gasteiger partial charge < -0.3 is 10.8 Å². The molecule has 3 N–H and O–H groups in total. The Morgan fingerprint density at radius 2 is 2.11 bits per heavy atom. The third kappa shape index (κ3) is 4.43. The lowest BCUT2D eigenvalue weighted by molar-refractivity contribution is 0.152. The van der Waals surface area contributed by atoms with Crippen molar-refractivity contribution >= 4 is 0 Å². The Labute approximate surface area is 57.1 Å². The highest BCUT2D eigenvalue weighted by atomic mass is 16.3. The van der Waals surface area contributed by atoms with Crippen molar-refractivity contribution in [3.63, 3.8) is 0 Å². The van der Waals surface area contributed by atoms with Crippen LogP contribution in [0.1, 0.15) is 26.7 Å². The maximum Gasteiger partial charge on any atom is 0.0665 e. The molecule has 0 aliphatic heterocycles. The van der Waals surface area contributed by atoms with Crippen LogP contribution in [0.5, 0.6) is 0 Å². The van der Waals surface area contributed by atoms with Gasteiger partial charge in [-0.05, 0) is 12.3 Å². The van der Waals surface area contributed by atoms with Gasteiger partial charge in [0.2, 0.25) is 0 Å². The van der Waals surface area contributed by atoms with Crippen LogP contribution in [0, 0.1) is 5.92 Å². The average molecular weight is 131 g/mol. The number of hydrogen-bond donors (Lipinski definition) is 2. The minimum Gasteiger partial charge on any atom is -0.392 e. The fraction of sp³-hybridized carbons (Fsp3) is 1.00. The molecule has 0 aliphatic rings. The van der Waals surface area contributed by atoms with Gasteiger partial charge in [-0.3, -0.25) is 0 Å². The highest BCUT2D eigenvalue weighted by molar-refractivity contribution is 4.59. The molecule has 0 saturated carbocycles. The Morgan fingerprint density at radius 3 is 2.44 bits per heavy atom. The largest absolute Gasteiger partial charge is 0.392 e. The molecule has 0 bridgehead atoms. The Balaban J connectivity index is 3.22. The molecule has 0 aromatic heterocycles. The van der Waals surface area contributed by atoms with Gasteiger partial charge in [0.25, 0.3) is 0 Å². The van der Waals surface area contributed by atoms with E-state index in [1.54, 1.807) is 0 Å². The number of aliphatic hydroxyl groups excluding tert-OH is 1. The lowest BCUT2D eigenvalue weighted by atomic mass is 10.0. The third-order valence-electron chi connectivity index (χ3n) is 1.64. The van der Waals surface area contributed by atoms with Gasteiger partial charge in [-0.2, -0.15) is 0 Å². The van der Waals surface area contributed by atoms with Gasteiger partial charge in [-0.1, -0.05) is 20.3 Å². The molecule has 0 rings (SSSR count). The highest BCUT2D eigenvalue weighted by Gasteiger charge is 2.05. The first kappa shape index (κ1) is 8.92. The minimum atomic E-state index is -0.292. The summed E-state index contributed by atoms with van der Waals surface area (Å²) in [5.41, 5.74) is 5.23. The van der Waals surface area contributed by atoms with Gasteiger partial charge in [0, 0.05) is 6.54 Å². The van der Waals surface area contributed by atoms with E-state index in [9.17, 15) is 0 Å². The van der Waals surface area contributed by atoms with E-state index >= 15 is 0 Å². The monoisotopic (exact) mass is 131 g/mol. The van der Waals surface area contributed by atoms with Crippen LogP contribution in [0.2, 0.25) is 0 Å². The zero-order valence-electron chi connectivity index (χ0n) is 6.30. The van der Waals surface area contributed by atoms with Crippen LogP contribution < -0.4 is 5.73 Å². The third-order valence-corrected chi connectivity index (χ3v) is 1.64. The van der Waals surface area contributed by atoms with Crippen LogP contribution in [-0.4, -0.2) is 17.8 Å². The van der Waals surface area contributed by atoms with Crippen molar-refractivity contribution in [1.29, 1.82) is 0 Å². The van der Waals surface area contributed by atoms with E-state index in [1.165, 1.54) is 0 Å². The molecule has 0 aliphatic carbocycles. The standard InChI is InChI=1S/C7H17NO/c1-3-6(2)4-7(9)5-8/h6-7,9H,3-5,8H2,1-2H3. The molecule has 2 atom stereocenters. The normalized spacial score (nSPS) is 17.3. The van der Waals surface area contributed by atoms with E-state index in [1.807, 2.05) is 0 Å². The van der Waals surface area contributed by atoms with Crippen LogP contribution in [-0.2, 0) is 0 Å². The van der Waals surface area contributed by atoms with Gasteiger partial charge in [-0.25, -0.2) is 0 Å². The van der Waals surface area contributed by atoms with E-state index in [-0.39, 0.29) is 6.10 Å². The topological polar surface area (TPSA) is 46.2 Å². The first-order chi connectivity index (χ1) is 4.20. The van der Waals surface area contributed by atoms with E-state index in [4.69, 9.17) is 10.8 Å². The van der Waals surface area contributed by atoms with Crippen molar-refractivity contribution < 1.29 is 5.11 Å². The number of rotatable bonds is 4. The molecular formula is C7H17NO. The lowest BCUT2D eigenvalue weighted by Crippen LogP contribution is -2.21. The Morgan fingerprint density at radius 1 is 1.56 bits per heavy atom. The van der Waals surface area contributed by atoms with E-state index < -0.39 is 0 Å². The Kier molecular flexibility index (Phi) is 4.72. The molecule has 56 valence electrons. The maximum atomic E-state index is 9.03. The fourth-order valence-corrected chi connectivity index (χ4v) is 0.727. The molecule has 2 unspecified atom stereocenters. The minimum absolute atomic E-state index is 0.292. The second-order valence-corrected chi connectivity index (χ2v) is 2.64. The van der Waals surface area contributed by atoms with Crippen molar-refractivity contribution in [2.24, 2.45) is 11.7 Å². The molecule has 0 aromatic rings. The molecule has 2 heteroatoms. The molecule has 0 heterocycles. The van der Waals surface area contributed by atoms with Gasteiger partial charge in [0.05, 0.1) is 6.10 Å². The van der Waals surface area contributed by atoms with Crippen molar-refractivity contribution in [2.45, 2.75) is 32.8 Å². The van der Waals surface area contributed by atoms with Crippen molar-refractivity contribution in [2.75, 3.05) is 6.54 Å². The smallest absolute Gasteiger partial charge is 0.0665 e. The van der Waals surface area contributed by atoms with Crippen LogP contribution in [0.4, 0.5) is 0 Å². The van der Waals surface area contributed by atoms with Crippen LogP contribution >= 0.6 is 0 Å². The number of aliphatic hydroxyl groups is 1. The Hall–Kier alpha value is -0.0800. The summed E-state index contributed by atoms with van der Waals surface area (Å²) in [6.45, 7) is 4.64. The summed E-state index contributed by atoms with van der Waals surface area (Å²) >= 11 is 0. The first-order valence-electron chi connectivity index (χ1n) is 3.58. The van der Waals surface area contributed by atoms with Gasteiger partial charge in [0.1, 0.15) is 0 Å². The summed E-state index contributed by atoms with van der Waals surface area (Å²) in [5.74, 6) is 0.601. The van der Waals surface area contributed by atoms with E-state index in [0.29, 0.717) is 12.5 Å². The predicted octanol–water partition coefficient (Wildman–Crippen LogP) is 0.742. The van der Waals surface area contributed by atoms with Crippen LogP contribution in [0.3, 0.4) is 0 Å². The molecular weight excluding hydrogens is 114 g/mol. The zero-order valence-corrected chi connectivity index (χ0v) is 6.30. The quantitative estimate of drug-likeness (QED) is 0.591. The summed E-state index contributed by atoms with van der Waals surface area (Å²) in [5, 5.41) is 9.03.